The fourth-order valence-corrected chi connectivity index (χ4v) is 5.90. The summed E-state index contributed by atoms with van der Waals surface area (Å²) in [6, 6.07) is 16.3. The molecule has 0 radical (unpaired) electrons. The lowest BCUT2D eigenvalue weighted by molar-refractivity contribution is -0.148. The van der Waals surface area contributed by atoms with Gasteiger partial charge in [0.25, 0.3) is 0 Å². The zero-order valence-electron chi connectivity index (χ0n) is 20.2. The van der Waals surface area contributed by atoms with E-state index in [0.29, 0.717) is 12.8 Å². The second kappa shape index (κ2) is 8.70. The Morgan fingerprint density at radius 1 is 1.06 bits per heavy atom. The lowest BCUT2D eigenvalue weighted by atomic mass is 9.87. The first-order chi connectivity index (χ1) is 16.8. The Hall–Kier alpha value is -3.35. The van der Waals surface area contributed by atoms with Crippen LogP contribution in [0.15, 0.2) is 48.5 Å². The summed E-state index contributed by atoms with van der Waals surface area (Å²) in [5.41, 5.74) is 3.23. The molecule has 1 unspecified atom stereocenters. The largest absolute Gasteiger partial charge is 0.481 e. The molecule has 0 aromatic heterocycles. The highest BCUT2D eigenvalue weighted by Gasteiger charge is 2.65. The molecule has 3 N–H and O–H groups in total. The zero-order valence-corrected chi connectivity index (χ0v) is 20.2. The van der Waals surface area contributed by atoms with Gasteiger partial charge in [0.1, 0.15) is 6.61 Å². The van der Waals surface area contributed by atoms with Crippen LogP contribution >= 0.6 is 0 Å². The number of hydrogen-bond acceptors (Lipinski definition) is 4. The number of amides is 2. The third-order valence-corrected chi connectivity index (χ3v) is 8.47. The van der Waals surface area contributed by atoms with Crippen molar-refractivity contribution < 1.29 is 24.2 Å². The molecule has 7 heteroatoms. The molecule has 2 amide bonds. The summed E-state index contributed by atoms with van der Waals surface area (Å²) in [5, 5.41) is 15.3. The molecule has 184 valence electrons. The van der Waals surface area contributed by atoms with E-state index in [1.54, 1.807) is 6.92 Å². The van der Waals surface area contributed by atoms with Crippen LogP contribution in [-0.4, -0.2) is 42.3 Å². The fourth-order valence-electron chi connectivity index (χ4n) is 5.90. The molecule has 3 aliphatic rings. The number of rotatable bonds is 8. The molecule has 2 aromatic carbocycles. The molecule has 5 rings (SSSR count). The minimum Gasteiger partial charge on any atom is -0.481 e. The summed E-state index contributed by atoms with van der Waals surface area (Å²) in [6.45, 7) is 3.82. The zero-order chi connectivity index (χ0) is 24.8. The van der Waals surface area contributed by atoms with Gasteiger partial charge in [0, 0.05) is 18.5 Å². The maximum Gasteiger partial charge on any atom is 0.407 e. The van der Waals surface area contributed by atoms with Gasteiger partial charge in [-0.05, 0) is 60.8 Å². The summed E-state index contributed by atoms with van der Waals surface area (Å²) in [4.78, 5) is 37.1. The highest BCUT2D eigenvalue weighted by atomic mass is 16.5. The Labute approximate surface area is 205 Å². The van der Waals surface area contributed by atoms with Crippen molar-refractivity contribution in [2.75, 3.05) is 13.2 Å². The standard InChI is InChI=1S/C28H32N2O5/c1-3-27(2,25(32)33)16-29-24(31)28-13-17(28)12-18(14-28)30-26(34)35-15-23-21-10-6-4-8-19(21)20-9-5-7-11-22(20)23/h4-11,17-18,23H,3,12-16H2,1-2H3,(H,29,31)(H,30,34)(H,32,33)/t17-,18+,27?,28+/m0/s1. The number of carbonyl (C=O) groups excluding carboxylic acids is 2. The monoisotopic (exact) mass is 476 g/mol. The molecule has 2 saturated carbocycles. The quantitative estimate of drug-likeness (QED) is 0.527. The molecular formula is C28H32N2O5. The molecule has 3 aliphatic carbocycles. The van der Waals surface area contributed by atoms with Crippen LogP contribution in [0.2, 0.25) is 0 Å². The van der Waals surface area contributed by atoms with Gasteiger partial charge in [-0.25, -0.2) is 4.79 Å². The van der Waals surface area contributed by atoms with Crippen LogP contribution in [0.1, 0.15) is 56.6 Å². The summed E-state index contributed by atoms with van der Waals surface area (Å²) >= 11 is 0. The van der Waals surface area contributed by atoms with Gasteiger partial charge in [-0.2, -0.15) is 0 Å². The third kappa shape index (κ3) is 4.07. The minimum atomic E-state index is -0.978. The van der Waals surface area contributed by atoms with E-state index >= 15 is 0 Å². The number of hydrogen-bond donors (Lipinski definition) is 3. The number of fused-ring (bicyclic) bond motifs is 4. The van der Waals surface area contributed by atoms with Gasteiger partial charge in [-0.15, -0.1) is 0 Å². The number of aliphatic carboxylic acids is 1. The summed E-state index contributed by atoms with van der Waals surface area (Å²) in [5.74, 6) is -0.782. The number of carboxylic acids is 1. The van der Waals surface area contributed by atoms with Crippen LogP contribution in [0.3, 0.4) is 0 Å². The number of carboxylic acid groups (broad SMARTS) is 1. The Kier molecular flexibility index (Phi) is 5.82. The highest BCUT2D eigenvalue weighted by Crippen LogP contribution is 2.63. The normalized spacial score (nSPS) is 25.5. The lowest BCUT2D eigenvalue weighted by Gasteiger charge is -2.25. The van der Waals surface area contributed by atoms with E-state index in [2.05, 4.69) is 34.9 Å². The van der Waals surface area contributed by atoms with Crippen molar-refractivity contribution in [2.45, 2.75) is 51.5 Å². The van der Waals surface area contributed by atoms with Crippen LogP contribution in [0.25, 0.3) is 11.1 Å². The minimum absolute atomic E-state index is 0.00404. The molecular weight excluding hydrogens is 444 g/mol. The predicted octanol–water partition coefficient (Wildman–Crippen LogP) is 4.31. The number of alkyl carbamates (subject to hydrolysis) is 1. The van der Waals surface area contributed by atoms with E-state index in [1.165, 1.54) is 22.3 Å². The molecule has 0 heterocycles. The van der Waals surface area contributed by atoms with Gasteiger partial charge in [-0.1, -0.05) is 55.5 Å². The molecule has 2 aromatic rings. The van der Waals surface area contributed by atoms with Gasteiger partial charge in [-0.3, -0.25) is 9.59 Å². The Morgan fingerprint density at radius 2 is 1.69 bits per heavy atom. The van der Waals surface area contributed by atoms with Crippen molar-refractivity contribution in [2.24, 2.45) is 16.7 Å². The summed E-state index contributed by atoms with van der Waals surface area (Å²) < 4.78 is 5.66. The number of ether oxygens (including phenoxy) is 1. The number of nitrogens with one attached hydrogen (secondary N) is 2. The molecule has 35 heavy (non-hydrogen) atoms. The molecule has 0 spiro atoms. The average Bonchev–Trinajstić information content (AvgIpc) is 3.28. The van der Waals surface area contributed by atoms with Crippen molar-refractivity contribution in [3.05, 3.63) is 59.7 Å². The topological polar surface area (TPSA) is 105 Å². The molecule has 0 bridgehead atoms. The van der Waals surface area contributed by atoms with Gasteiger partial charge in [0.05, 0.1) is 10.8 Å². The molecule has 2 fully saturated rings. The summed E-state index contributed by atoms with van der Waals surface area (Å²) in [6.07, 6.45) is 2.06. The molecule has 4 atom stereocenters. The van der Waals surface area contributed by atoms with Crippen molar-refractivity contribution >= 4 is 18.0 Å². The number of carbonyl (C=O) groups is 3. The van der Waals surface area contributed by atoms with Gasteiger partial charge in [0.15, 0.2) is 0 Å². The van der Waals surface area contributed by atoms with E-state index in [4.69, 9.17) is 4.74 Å². The Morgan fingerprint density at radius 3 is 2.29 bits per heavy atom. The van der Waals surface area contributed by atoms with Crippen LogP contribution in [0.4, 0.5) is 4.79 Å². The second-order valence-corrected chi connectivity index (χ2v) is 10.6. The Balaban J connectivity index is 1.15. The lowest BCUT2D eigenvalue weighted by Crippen LogP contribution is -2.44. The third-order valence-electron chi connectivity index (χ3n) is 8.47. The number of benzene rings is 2. The first kappa shape index (κ1) is 23.4. The van der Waals surface area contributed by atoms with Gasteiger partial charge in [0.2, 0.25) is 5.91 Å². The van der Waals surface area contributed by atoms with Crippen molar-refractivity contribution in [3.8, 4) is 11.1 Å². The highest BCUT2D eigenvalue weighted by molar-refractivity contribution is 5.87. The van der Waals surface area contributed by atoms with E-state index in [-0.39, 0.29) is 36.9 Å². The second-order valence-electron chi connectivity index (χ2n) is 10.6. The van der Waals surface area contributed by atoms with Crippen molar-refractivity contribution in [1.82, 2.24) is 10.6 Å². The van der Waals surface area contributed by atoms with Crippen LogP contribution in [0, 0.1) is 16.7 Å². The fraction of sp³-hybridized carbons (Fsp3) is 0.464. The SMILES string of the molecule is CCC(C)(CNC(=O)[C@]12C[C@H](NC(=O)OCC3c4ccccc4-c4ccccc43)C[C@H]1C2)C(=O)O. The first-order valence-electron chi connectivity index (χ1n) is 12.4. The maximum absolute atomic E-state index is 12.9. The van der Waals surface area contributed by atoms with Crippen molar-refractivity contribution in [3.63, 3.8) is 0 Å². The first-order valence-corrected chi connectivity index (χ1v) is 12.4. The van der Waals surface area contributed by atoms with Crippen LogP contribution in [-0.2, 0) is 14.3 Å². The van der Waals surface area contributed by atoms with E-state index in [0.717, 1.165) is 12.8 Å². The van der Waals surface area contributed by atoms with E-state index in [9.17, 15) is 19.5 Å². The molecule has 7 nitrogen and oxygen atoms in total. The van der Waals surface area contributed by atoms with Crippen LogP contribution < -0.4 is 10.6 Å². The van der Waals surface area contributed by atoms with Crippen LogP contribution in [0.5, 0.6) is 0 Å². The maximum atomic E-state index is 12.9. The van der Waals surface area contributed by atoms with E-state index in [1.807, 2.05) is 31.2 Å². The molecule has 0 saturated heterocycles. The van der Waals surface area contributed by atoms with E-state index < -0.39 is 22.9 Å². The van der Waals surface area contributed by atoms with Gasteiger partial charge >= 0.3 is 12.1 Å². The van der Waals surface area contributed by atoms with Gasteiger partial charge < -0.3 is 20.5 Å². The predicted molar refractivity (Wildman–Crippen MR) is 131 cm³/mol. The molecule has 0 aliphatic heterocycles. The summed E-state index contributed by atoms with van der Waals surface area (Å²) in [7, 11) is 0. The Bertz CT molecular complexity index is 1130. The van der Waals surface area contributed by atoms with Crippen molar-refractivity contribution in [1.29, 1.82) is 0 Å². The smallest absolute Gasteiger partial charge is 0.407 e. The average molecular weight is 477 g/mol.